The molecule has 0 bridgehead atoms. The number of rotatable bonds is 9. The zero-order valence-corrected chi connectivity index (χ0v) is 9.48. The van der Waals surface area contributed by atoms with E-state index in [-0.39, 0.29) is 6.42 Å². The highest BCUT2D eigenvalue weighted by atomic mass is 16.4. The van der Waals surface area contributed by atoms with Gasteiger partial charge in [0.25, 0.3) is 0 Å². The normalized spacial score (nSPS) is 13.2. The summed E-state index contributed by atoms with van der Waals surface area (Å²) in [6.07, 6.45) is 9.17. The molecule has 0 saturated carbocycles. The first-order valence-electron chi connectivity index (χ1n) is 5.71. The monoisotopic (exact) mass is 214 g/mol. The Kier molecular flexibility index (Phi) is 9.18. The van der Waals surface area contributed by atoms with Crippen LogP contribution in [0.1, 0.15) is 51.9 Å². The van der Waals surface area contributed by atoms with E-state index in [4.69, 9.17) is 5.11 Å². The van der Waals surface area contributed by atoms with E-state index < -0.39 is 12.1 Å². The molecule has 0 heterocycles. The molecule has 0 aromatic heterocycles. The number of allylic oxidation sites excluding steroid dienone is 1. The van der Waals surface area contributed by atoms with Crippen LogP contribution in [0.5, 0.6) is 0 Å². The molecule has 0 rings (SSSR count). The highest BCUT2D eigenvalue weighted by Gasteiger charge is 2.04. The number of carboxylic acids is 1. The smallest absolute Gasteiger partial charge is 0.303 e. The van der Waals surface area contributed by atoms with Gasteiger partial charge in [-0.2, -0.15) is 0 Å². The number of carbonyl (C=O) groups is 1. The highest BCUT2D eigenvalue weighted by molar-refractivity contribution is 5.66. The standard InChI is InChI=1S/C12H22O3/c1-2-3-4-5-6-7-8-11(13)9-10-12(14)15/h6-7,11,13H,2-5,8-10H2,1H3,(H,14,15). The van der Waals surface area contributed by atoms with E-state index in [0.29, 0.717) is 12.8 Å². The lowest BCUT2D eigenvalue weighted by atomic mass is 10.1. The van der Waals surface area contributed by atoms with Gasteiger partial charge in [0.05, 0.1) is 6.10 Å². The maximum absolute atomic E-state index is 10.2. The van der Waals surface area contributed by atoms with Crippen molar-refractivity contribution in [3.05, 3.63) is 12.2 Å². The van der Waals surface area contributed by atoms with Crippen LogP contribution in [0.4, 0.5) is 0 Å². The van der Waals surface area contributed by atoms with Crippen LogP contribution in [0.2, 0.25) is 0 Å². The fourth-order valence-electron chi connectivity index (χ4n) is 1.29. The largest absolute Gasteiger partial charge is 0.481 e. The number of aliphatic carboxylic acids is 1. The highest BCUT2D eigenvalue weighted by Crippen LogP contribution is 2.05. The lowest BCUT2D eigenvalue weighted by Gasteiger charge is -2.04. The van der Waals surface area contributed by atoms with Gasteiger partial charge in [-0.25, -0.2) is 0 Å². The van der Waals surface area contributed by atoms with Crippen LogP contribution in [-0.2, 0) is 4.79 Å². The average Bonchev–Trinajstić information content (AvgIpc) is 2.20. The SMILES string of the molecule is CCCCCC=CCC(O)CCC(=O)O. The van der Waals surface area contributed by atoms with Crippen molar-refractivity contribution in [2.24, 2.45) is 0 Å². The van der Waals surface area contributed by atoms with Crippen LogP contribution in [0.15, 0.2) is 12.2 Å². The van der Waals surface area contributed by atoms with Crippen molar-refractivity contribution in [3.8, 4) is 0 Å². The third-order valence-corrected chi connectivity index (χ3v) is 2.24. The Hall–Kier alpha value is -0.830. The first-order chi connectivity index (χ1) is 7.16. The molecule has 15 heavy (non-hydrogen) atoms. The van der Waals surface area contributed by atoms with E-state index in [2.05, 4.69) is 13.0 Å². The average molecular weight is 214 g/mol. The molecule has 0 aliphatic heterocycles. The summed E-state index contributed by atoms with van der Waals surface area (Å²) in [5.74, 6) is -0.846. The Balaban J connectivity index is 3.36. The van der Waals surface area contributed by atoms with Gasteiger partial charge in [0.1, 0.15) is 0 Å². The summed E-state index contributed by atoms with van der Waals surface area (Å²) in [5, 5.41) is 17.8. The van der Waals surface area contributed by atoms with Gasteiger partial charge in [0, 0.05) is 6.42 Å². The molecule has 0 saturated heterocycles. The molecular formula is C12H22O3. The van der Waals surface area contributed by atoms with Crippen molar-refractivity contribution in [1.82, 2.24) is 0 Å². The molecule has 1 atom stereocenters. The number of hydrogen-bond donors (Lipinski definition) is 2. The van der Waals surface area contributed by atoms with Crippen molar-refractivity contribution >= 4 is 5.97 Å². The summed E-state index contributed by atoms with van der Waals surface area (Å²) in [6, 6.07) is 0. The van der Waals surface area contributed by atoms with Gasteiger partial charge in [-0.3, -0.25) is 4.79 Å². The molecule has 1 unspecified atom stereocenters. The fourth-order valence-corrected chi connectivity index (χ4v) is 1.29. The van der Waals surface area contributed by atoms with Crippen LogP contribution in [0.25, 0.3) is 0 Å². The lowest BCUT2D eigenvalue weighted by Crippen LogP contribution is -2.07. The maximum Gasteiger partial charge on any atom is 0.303 e. The summed E-state index contributed by atoms with van der Waals surface area (Å²) in [7, 11) is 0. The second-order valence-corrected chi connectivity index (χ2v) is 3.79. The molecule has 3 nitrogen and oxygen atoms in total. The molecule has 0 fully saturated rings. The number of hydrogen-bond acceptors (Lipinski definition) is 2. The molecule has 0 radical (unpaired) electrons. The minimum Gasteiger partial charge on any atom is -0.481 e. The zero-order chi connectivity index (χ0) is 11.5. The van der Waals surface area contributed by atoms with E-state index in [1.807, 2.05) is 6.08 Å². The van der Waals surface area contributed by atoms with Crippen LogP contribution >= 0.6 is 0 Å². The third kappa shape index (κ3) is 11.1. The van der Waals surface area contributed by atoms with Gasteiger partial charge in [0.2, 0.25) is 0 Å². The Morgan fingerprint density at radius 3 is 2.67 bits per heavy atom. The molecular weight excluding hydrogens is 192 g/mol. The van der Waals surface area contributed by atoms with Gasteiger partial charge in [-0.15, -0.1) is 0 Å². The van der Waals surface area contributed by atoms with Crippen LogP contribution in [-0.4, -0.2) is 22.3 Å². The fraction of sp³-hybridized carbons (Fsp3) is 0.750. The minimum atomic E-state index is -0.846. The van der Waals surface area contributed by atoms with Crippen molar-refractivity contribution in [3.63, 3.8) is 0 Å². The Labute approximate surface area is 91.8 Å². The van der Waals surface area contributed by atoms with Gasteiger partial charge >= 0.3 is 5.97 Å². The number of aliphatic hydroxyl groups is 1. The number of unbranched alkanes of at least 4 members (excludes halogenated alkanes) is 3. The first-order valence-corrected chi connectivity index (χ1v) is 5.71. The lowest BCUT2D eigenvalue weighted by molar-refractivity contribution is -0.137. The molecule has 0 aliphatic carbocycles. The Morgan fingerprint density at radius 2 is 2.07 bits per heavy atom. The third-order valence-electron chi connectivity index (χ3n) is 2.24. The van der Waals surface area contributed by atoms with Crippen molar-refractivity contribution < 1.29 is 15.0 Å². The molecule has 88 valence electrons. The van der Waals surface area contributed by atoms with Crippen LogP contribution in [0.3, 0.4) is 0 Å². The molecule has 2 N–H and O–H groups in total. The van der Waals surface area contributed by atoms with Crippen molar-refractivity contribution in [1.29, 1.82) is 0 Å². The maximum atomic E-state index is 10.2. The summed E-state index contributed by atoms with van der Waals surface area (Å²) in [5.41, 5.74) is 0. The predicted octanol–water partition coefficient (Wildman–Crippen LogP) is 2.74. The zero-order valence-electron chi connectivity index (χ0n) is 9.48. The topological polar surface area (TPSA) is 57.5 Å². The van der Waals surface area contributed by atoms with Gasteiger partial charge in [-0.05, 0) is 25.7 Å². The van der Waals surface area contributed by atoms with E-state index >= 15 is 0 Å². The van der Waals surface area contributed by atoms with Crippen molar-refractivity contribution in [2.75, 3.05) is 0 Å². The summed E-state index contributed by atoms with van der Waals surface area (Å²) >= 11 is 0. The van der Waals surface area contributed by atoms with Gasteiger partial charge in [-0.1, -0.05) is 31.9 Å². The molecule has 3 heteroatoms. The molecule has 0 aromatic rings. The molecule has 0 spiro atoms. The Morgan fingerprint density at radius 1 is 1.33 bits per heavy atom. The van der Waals surface area contributed by atoms with E-state index in [0.717, 1.165) is 6.42 Å². The van der Waals surface area contributed by atoms with E-state index in [9.17, 15) is 9.90 Å². The van der Waals surface area contributed by atoms with Gasteiger partial charge < -0.3 is 10.2 Å². The van der Waals surface area contributed by atoms with E-state index in [1.165, 1.54) is 19.3 Å². The van der Waals surface area contributed by atoms with Gasteiger partial charge in [0.15, 0.2) is 0 Å². The molecule has 0 aromatic carbocycles. The number of aliphatic hydroxyl groups excluding tert-OH is 1. The second-order valence-electron chi connectivity index (χ2n) is 3.79. The predicted molar refractivity (Wildman–Crippen MR) is 60.8 cm³/mol. The van der Waals surface area contributed by atoms with Crippen LogP contribution < -0.4 is 0 Å². The minimum absolute atomic E-state index is 0.0465. The summed E-state index contributed by atoms with van der Waals surface area (Å²) in [6.45, 7) is 2.17. The van der Waals surface area contributed by atoms with E-state index in [1.54, 1.807) is 0 Å². The molecule has 0 amide bonds. The summed E-state index contributed by atoms with van der Waals surface area (Å²) < 4.78 is 0. The quantitative estimate of drug-likeness (QED) is 0.458. The summed E-state index contributed by atoms with van der Waals surface area (Å²) in [4.78, 5) is 10.2. The van der Waals surface area contributed by atoms with Crippen molar-refractivity contribution in [2.45, 2.75) is 58.0 Å². The molecule has 0 aliphatic rings. The Bertz CT molecular complexity index is 187. The second kappa shape index (κ2) is 9.71. The number of carboxylic acid groups (broad SMARTS) is 1. The first kappa shape index (κ1) is 14.2. The van der Waals surface area contributed by atoms with Crippen LogP contribution in [0, 0.1) is 0 Å².